The van der Waals surface area contributed by atoms with Gasteiger partial charge in [0.25, 0.3) is 0 Å². The topological polar surface area (TPSA) is 84.3 Å². The fourth-order valence-electron chi connectivity index (χ4n) is 3.41. The molecule has 23 heavy (non-hydrogen) atoms. The summed E-state index contributed by atoms with van der Waals surface area (Å²) in [5, 5.41) is 7.38. The number of rotatable bonds is 5. The molecule has 1 aromatic rings. The number of nitrogens with one attached hydrogen (secondary N) is 1. The first-order valence-corrected chi connectivity index (χ1v) is 10.0. The van der Waals surface area contributed by atoms with Crippen LogP contribution in [-0.2, 0) is 34.5 Å². The Morgan fingerprint density at radius 2 is 2.09 bits per heavy atom. The summed E-state index contributed by atoms with van der Waals surface area (Å²) in [6.45, 7) is 1.76. The molecule has 8 heteroatoms. The molecule has 1 aliphatic heterocycles. The Bertz CT molecular complexity index is 677. The molecule has 3 rings (SSSR count). The van der Waals surface area contributed by atoms with Crippen LogP contribution < -0.4 is 5.32 Å². The van der Waals surface area contributed by atoms with Crippen LogP contribution in [0.4, 0.5) is 0 Å². The number of fused-ring (bicyclic) bond motifs is 1. The van der Waals surface area contributed by atoms with Crippen LogP contribution in [0.3, 0.4) is 0 Å². The van der Waals surface area contributed by atoms with Gasteiger partial charge in [0.05, 0.1) is 37.3 Å². The van der Waals surface area contributed by atoms with E-state index in [4.69, 9.17) is 0 Å². The summed E-state index contributed by atoms with van der Waals surface area (Å²) in [5.41, 5.74) is 1.66. The highest BCUT2D eigenvalue weighted by molar-refractivity contribution is 7.88. The average Bonchev–Trinajstić information content (AvgIpc) is 3.11. The predicted octanol–water partition coefficient (Wildman–Crippen LogP) is 0.855. The largest absolute Gasteiger partial charge is 0.350 e. The Morgan fingerprint density at radius 1 is 1.35 bits per heavy atom. The van der Waals surface area contributed by atoms with E-state index in [1.54, 1.807) is 0 Å². The van der Waals surface area contributed by atoms with Crippen LogP contribution in [-0.4, -0.2) is 41.2 Å². The van der Waals surface area contributed by atoms with Gasteiger partial charge in [-0.2, -0.15) is 9.40 Å². The van der Waals surface area contributed by atoms with E-state index < -0.39 is 10.0 Å². The number of aromatic nitrogens is 2. The van der Waals surface area contributed by atoms with Gasteiger partial charge in [-0.05, 0) is 24.8 Å². The van der Waals surface area contributed by atoms with Gasteiger partial charge in [0, 0.05) is 13.0 Å². The molecule has 1 fully saturated rings. The molecule has 1 N–H and O–H groups in total. The highest BCUT2D eigenvalue weighted by Crippen LogP contribution is 2.27. The van der Waals surface area contributed by atoms with Crippen molar-refractivity contribution in [1.82, 2.24) is 19.4 Å². The number of carbonyl (C=O) groups is 1. The maximum Gasteiger partial charge on any atom is 0.220 e. The molecular weight excluding hydrogens is 316 g/mol. The van der Waals surface area contributed by atoms with E-state index in [2.05, 4.69) is 10.4 Å². The first kappa shape index (κ1) is 16.4. The van der Waals surface area contributed by atoms with Crippen molar-refractivity contribution in [2.24, 2.45) is 5.92 Å². The summed E-state index contributed by atoms with van der Waals surface area (Å²) >= 11 is 0. The fourth-order valence-corrected chi connectivity index (χ4v) is 4.19. The average molecular weight is 340 g/mol. The summed E-state index contributed by atoms with van der Waals surface area (Å²) in [5.74, 6) is 0.620. The first-order chi connectivity index (χ1) is 10.9. The Hall–Kier alpha value is -1.41. The minimum Gasteiger partial charge on any atom is -0.350 e. The maximum atomic E-state index is 12.0. The maximum absolute atomic E-state index is 12.0. The van der Waals surface area contributed by atoms with Crippen LogP contribution >= 0.6 is 0 Å². The molecule has 0 saturated heterocycles. The molecule has 2 heterocycles. The molecule has 2 aliphatic rings. The summed E-state index contributed by atoms with van der Waals surface area (Å²) in [6.07, 6.45) is 6.63. The normalized spacial score (nSPS) is 19.7. The van der Waals surface area contributed by atoms with Gasteiger partial charge in [0.15, 0.2) is 0 Å². The van der Waals surface area contributed by atoms with Gasteiger partial charge < -0.3 is 5.32 Å². The lowest BCUT2D eigenvalue weighted by atomic mass is 10.0. The van der Waals surface area contributed by atoms with E-state index >= 15 is 0 Å². The van der Waals surface area contributed by atoms with E-state index in [1.807, 2.05) is 10.7 Å². The summed E-state index contributed by atoms with van der Waals surface area (Å²) in [4.78, 5) is 12.0. The van der Waals surface area contributed by atoms with Crippen molar-refractivity contribution in [3.63, 3.8) is 0 Å². The third kappa shape index (κ3) is 4.11. The molecule has 0 bridgehead atoms. The van der Waals surface area contributed by atoms with Crippen molar-refractivity contribution < 1.29 is 13.2 Å². The molecule has 1 aliphatic carbocycles. The van der Waals surface area contributed by atoms with Crippen LogP contribution in [0.15, 0.2) is 6.07 Å². The van der Waals surface area contributed by atoms with Crippen LogP contribution in [0.25, 0.3) is 0 Å². The zero-order valence-corrected chi connectivity index (χ0v) is 14.3. The van der Waals surface area contributed by atoms with E-state index in [0.29, 0.717) is 38.5 Å². The van der Waals surface area contributed by atoms with Crippen molar-refractivity contribution in [2.75, 3.05) is 12.8 Å². The lowest BCUT2D eigenvalue weighted by molar-refractivity contribution is -0.122. The second kappa shape index (κ2) is 6.60. The zero-order chi connectivity index (χ0) is 16.4. The van der Waals surface area contributed by atoms with Crippen LogP contribution in [0.1, 0.15) is 43.5 Å². The molecule has 1 aromatic heterocycles. The van der Waals surface area contributed by atoms with Gasteiger partial charge in [0.1, 0.15) is 0 Å². The van der Waals surface area contributed by atoms with Crippen molar-refractivity contribution in [1.29, 1.82) is 0 Å². The van der Waals surface area contributed by atoms with Gasteiger partial charge in [-0.3, -0.25) is 9.48 Å². The molecule has 0 radical (unpaired) electrons. The lowest BCUT2D eigenvalue weighted by Crippen LogP contribution is -2.37. The number of carbonyl (C=O) groups excluding carboxylic acids is 1. The van der Waals surface area contributed by atoms with Crippen molar-refractivity contribution in [3.8, 4) is 0 Å². The van der Waals surface area contributed by atoms with Crippen molar-refractivity contribution >= 4 is 15.9 Å². The highest BCUT2D eigenvalue weighted by Gasteiger charge is 2.24. The molecule has 1 amide bonds. The predicted molar refractivity (Wildman–Crippen MR) is 85.9 cm³/mol. The highest BCUT2D eigenvalue weighted by atomic mass is 32.2. The minimum absolute atomic E-state index is 0.0839. The Morgan fingerprint density at radius 3 is 2.78 bits per heavy atom. The molecule has 128 valence electrons. The first-order valence-electron chi connectivity index (χ1n) is 8.19. The number of nitrogens with zero attached hydrogens (tertiary/aromatic N) is 3. The summed E-state index contributed by atoms with van der Waals surface area (Å²) in [6, 6.07) is 1.88. The lowest BCUT2D eigenvalue weighted by Gasteiger charge is -2.25. The monoisotopic (exact) mass is 340 g/mol. The number of hydrogen-bond acceptors (Lipinski definition) is 4. The molecule has 7 nitrogen and oxygen atoms in total. The second-order valence-corrected chi connectivity index (χ2v) is 8.56. The number of hydrogen-bond donors (Lipinski definition) is 1. The van der Waals surface area contributed by atoms with E-state index in [0.717, 1.165) is 24.2 Å². The third-order valence-corrected chi connectivity index (χ3v) is 5.95. The van der Waals surface area contributed by atoms with E-state index in [-0.39, 0.29) is 5.91 Å². The SMILES string of the molecule is CS(=O)(=O)N1CCn2nc(CNC(=O)CC3CCCC3)cc2C1. The van der Waals surface area contributed by atoms with Gasteiger partial charge >= 0.3 is 0 Å². The van der Waals surface area contributed by atoms with Crippen LogP contribution in [0, 0.1) is 5.92 Å². The van der Waals surface area contributed by atoms with Gasteiger partial charge in [-0.1, -0.05) is 12.8 Å². The molecule has 0 aromatic carbocycles. The van der Waals surface area contributed by atoms with Crippen molar-refractivity contribution in [2.45, 2.75) is 51.7 Å². The molecular formula is C15H24N4O3S. The quantitative estimate of drug-likeness (QED) is 0.861. The third-order valence-electron chi connectivity index (χ3n) is 4.70. The van der Waals surface area contributed by atoms with Gasteiger partial charge in [-0.25, -0.2) is 8.42 Å². The molecule has 0 atom stereocenters. The van der Waals surface area contributed by atoms with Crippen molar-refractivity contribution in [3.05, 3.63) is 17.5 Å². The second-order valence-electron chi connectivity index (χ2n) is 6.58. The number of sulfonamides is 1. The summed E-state index contributed by atoms with van der Waals surface area (Å²) in [7, 11) is -3.18. The van der Waals surface area contributed by atoms with E-state index in [9.17, 15) is 13.2 Å². The zero-order valence-electron chi connectivity index (χ0n) is 13.5. The molecule has 0 spiro atoms. The van der Waals surface area contributed by atoms with Crippen LogP contribution in [0.5, 0.6) is 0 Å². The Labute approximate surface area is 137 Å². The van der Waals surface area contributed by atoms with E-state index in [1.165, 1.54) is 23.4 Å². The molecule has 1 saturated carbocycles. The number of amides is 1. The van der Waals surface area contributed by atoms with Crippen LogP contribution in [0.2, 0.25) is 0 Å². The Kier molecular flexibility index (Phi) is 4.72. The molecule has 0 unspecified atom stereocenters. The smallest absolute Gasteiger partial charge is 0.220 e. The van der Waals surface area contributed by atoms with Gasteiger partial charge in [-0.15, -0.1) is 0 Å². The standard InChI is InChI=1S/C15H24N4O3S/c1-23(21,22)18-6-7-19-14(11-18)9-13(17-19)10-16-15(20)8-12-4-2-3-5-12/h9,12H,2-8,10-11H2,1H3,(H,16,20). The van der Waals surface area contributed by atoms with Gasteiger partial charge in [0.2, 0.25) is 15.9 Å². The minimum atomic E-state index is -3.18. The fraction of sp³-hybridized carbons (Fsp3) is 0.733. The summed E-state index contributed by atoms with van der Waals surface area (Å²) < 4.78 is 26.5. The Balaban J connectivity index is 1.54.